The fourth-order valence-electron chi connectivity index (χ4n) is 3.94. The first-order valence-electron chi connectivity index (χ1n) is 10.4. The number of aromatic nitrogens is 4. The van der Waals surface area contributed by atoms with E-state index in [0.29, 0.717) is 11.5 Å². The van der Waals surface area contributed by atoms with Gasteiger partial charge in [-0.25, -0.2) is 18.4 Å². The molecule has 0 amide bonds. The van der Waals surface area contributed by atoms with Gasteiger partial charge < -0.3 is 10.6 Å². The number of nitrogen functional groups attached to an aromatic ring is 1. The monoisotopic (exact) mass is 456 g/mol. The van der Waals surface area contributed by atoms with E-state index >= 15 is 0 Å². The van der Waals surface area contributed by atoms with Crippen molar-refractivity contribution >= 4 is 28.6 Å². The average Bonchev–Trinajstić information content (AvgIpc) is 3.59. The van der Waals surface area contributed by atoms with Gasteiger partial charge in [-0.3, -0.25) is 0 Å². The lowest BCUT2D eigenvalue weighted by molar-refractivity contribution is 0.224. The van der Waals surface area contributed by atoms with Crippen LogP contribution < -0.4 is 5.73 Å². The minimum absolute atomic E-state index is 0.0488. The highest BCUT2D eigenvalue weighted by molar-refractivity contribution is 7.14. The van der Waals surface area contributed by atoms with Gasteiger partial charge in [-0.1, -0.05) is 5.21 Å². The quantitative estimate of drug-likeness (QED) is 0.587. The minimum Gasteiger partial charge on any atom is -0.384 e. The first kappa shape index (κ1) is 20.8. The summed E-state index contributed by atoms with van der Waals surface area (Å²) in [4.78, 5) is 8.48. The summed E-state index contributed by atoms with van der Waals surface area (Å²) in [6.45, 7) is 2.90. The van der Waals surface area contributed by atoms with E-state index < -0.39 is 6.43 Å². The molecule has 0 aliphatic carbocycles. The maximum absolute atomic E-state index is 12.9. The highest BCUT2D eigenvalue weighted by Gasteiger charge is 2.26. The molecule has 2 aliphatic heterocycles. The van der Waals surface area contributed by atoms with Gasteiger partial charge in [0.1, 0.15) is 23.3 Å². The van der Waals surface area contributed by atoms with Crippen molar-refractivity contribution in [2.24, 2.45) is 10.2 Å². The maximum Gasteiger partial charge on any atom is 0.278 e. The molecule has 0 spiro atoms. The Morgan fingerprint density at radius 1 is 1.09 bits per heavy atom. The third-order valence-corrected chi connectivity index (χ3v) is 6.92. The number of nitrogens with two attached hydrogens (primary N) is 1. The normalized spacial score (nSPS) is 17.7. The lowest BCUT2D eigenvalue weighted by Gasteiger charge is -2.22. The lowest BCUT2D eigenvalue weighted by atomic mass is 10.1. The third-order valence-electron chi connectivity index (χ3n) is 5.68. The lowest BCUT2D eigenvalue weighted by Crippen LogP contribution is -2.29. The van der Waals surface area contributed by atoms with Gasteiger partial charge in [-0.05, 0) is 50.2 Å². The summed E-state index contributed by atoms with van der Waals surface area (Å²) in [6.07, 6.45) is 3.49. The van der Waals surface area contributed by atoms with Gasteiger partial charge in [-0.2, -0.15) is 10.2 Å². The number of likely N-dealkylation sites (tertiary alicyclic amines) is 1. The van der Waals surface area contributed by atoms with Crippen LogP contribution in [0.5, 0.6) is 0 Å². The molecular weight excluding hydrogens is 434 g/mol. The molecule has 8 nitrogen and oxygen atoms in total. The molecule has 0 radical (unpaired) electrons. The van der Waals surface area contributed by atoms with Crippen LogP contribution in [-0.4, -0.2) is 62.4 Å². The van der Waals surface area contributed by atoms with E-state index in [1.165, 1.54) is 12.8 Å². The van der Waals surface area contributed by atoms with Crippen molar-refractivity contribution in [3.63, 3.8) is 0 Å². The molecule has 2 N–H and O–H groups in total. The Morgan fingerprint density at radius 3 is 2.66 bits per heavy atom. The molecule has 0 bridgehead atoms. The van der Waals surface area contributed by atoms with E-state index in [2.05, 4.69) is 30.4 Å². The minimum atomic E-state index is -2.57. The van der Waals surface area contributed by atoms with E-state index in [1.807, 2.05) is 29.1 Å². The molecule has 166 valence electrons. The summed E-state index contributed by atoms with van der Waals surface area (Å²) >= 11 is 1.54. The molecule has 0 saturated carbocycles. The van der Waals surface area contributed by atoms with Crippen LogP contribution in [0.2, 0.25) is 0 Å². The van der Waals surface area contributed by atoms with Crippen LogP contribution in [0.3, 0.4) is 0 Å². The summed E-state index contributed by atoms with van der Waals surface area (Å²) < 4.78 is 27.8. The Morgan fingerprint density at radius 2 is 1.94 bits per heavy atom. The van der Waals surface area contributed by atoms with Crippen molar-refractivity contribution in [3.8, 4) is 11.3 Å². The van der Waals surface area contributed by atoms with Gasteiger partial charge in [0.15, 0.2) is 0 Å². The molecular formula is C21H22F2N8S. The van der Waals surface area contributed by atoms with Crippen LogP contribution in [0.15, 0.2) is 46.9 Å². The number of nitrogens with zero attached hydrogens (tertiary/aromatic N) is 7. The molecule has 1 saturated heterocycles. The number of pyridine rings is 1. The smallest absolute Gasteiger partial charge is 0.278 e. The van der Waals surface area contributed by atoms with Gasteiger partial charge in [0.05, 0.1) is 16.8 Å². The zero-order valence-corrected chi connectivity index (χ0v) is 18.0. The summed E-state index contributed by atoms with van der Waals surface area (Å²) in [5, 5.41) is 16.4. The first-order valence-corrected chi connectivity index (χ1v) is 11.3. The predicted octanol–water partition coefficient (Wildman–Crippen LogP) is 3.48. The fraction of sp³-hybridized carbons (Fsp3) is 0.381. The van der Waals surface area contributed by atoms with Crippen molar-refractivity contribution in [2.45, 2.75) is 31.7 Å². The molecule has 1 fully saturated rings. The molecule has 2 aliphatic rings. The molecule has 5 heterocycles. The van der Waals surface area contributed by atoms with Crippen molar-refractivity contribution < 1.29 is 8.78 Å². The Labute approximate surface area is 187 Å². The van der Waals surface area contributed by atoms with Crippen molar-refractivity contribution in [1.29, 1.82) is 0 Å². The Kier molecular flexibility index (Phi) is 5.75. The Bertz CT molecular complexity index is 1140. The SMILES string of the molecule is Nc1ccc(-c2cn(C(CN3CCCC3)c3ccc(C4=NN=C(C(F)F)C4)s3)nn2)cn1. The van der Waals surface area contributed by atoms with Crippen LogP contribution in [0.25, 0.3) is 11.3 Å². The summed E-state index contributed by atoms with van der Waals surface area (Å²) in [5.74, 6) is 0.452. The number of alkyl halides is 2. The fourth-order valence-corrected chi connectivity index (χ4v) is 5.02. The Balaban J connectivity index is 1.41. The van der Waals surface area contributed by atoms with Crippen LogP contribution in [-0.2, 0) is 0 Å². The van der Waals surface area contributed by atoms with Crippen LogP contribution >= 0.6 is 11.3 Å². The average molecular weight is 457 g/mol. The molecule has 0 aromatic carbocycles. The predicted molar refractivity (Wildman–Crippen MR) is 120 cm³/mol. The standard InChI is InChI=1S/C21H22F2N8S/c22-21(23)15-9-14(26-27-15)18-4-5-19(32-18)17(12-30-7-1-2-8-30)31-11-16(28-29-31)13-3-6-20(24)25-10-13/h3-6,10-11,17,21H,1-2,7-9,12H2,(H2,24,25). The number of hydrogen-bond donors (Lipinski definition) is 1. The zero-order chi connectivity index (χ0) is 22.1. The molecule has 3 aromatic rings. The number of hydrogen-bond acceptors (Lipinski definition) is 8. The summed E-state index contributed by atoms with van der Waals surface area (Å²) in [7, 11) is 0. The molecule has 5 rings (SSSR count). The van der Waals surface area contributed by atoms with Crippen LogP contribution in [0.4, 0.5) is 14.6 Å². The number of halogens is 2. The van der Waals surface area contributed by atoms with Crippen LogP contribution in [0, 0.1) is 0 Å². The van der Waals surface area contributed by atoms with Gasteiger partial charge in [0.25, 0.3) is 6.43 Å². The van der Waals surface area contributed by atoms with Gasteiger partial charge in [0.2, 0.25) is 0 Å². The van der Waals surface area contributed by atoms with E-state index in [1.54, 1.807) is 23.6 Å². The van der Waals surface area contributed by atoms with Gasteiger partial charge >= 0.3 is 0 Å². The molecule has 1 unspecified atom stereocenters. The van der Waals surface area contributed by atoms with E-state index in [4.69, 9.17) is 5.73 Å². The van der Waals surface area contributed by atoms with Crippen molar-refractivity contribution in [3.05, 3.63) is 46.4 Å². The number of rotatable bonds is 7. The third kappa shape index (κ3) is 4.30. The van der Waals surface area contributed by atoms with E-state index in [-0.39, 0.29) is 18.2 Å². The topological polar surface area (TPSA) is 97.6 Å². The molecule has 3 aromatic heterocycles. The van der Waals surface area contributed by atoms with Crippen molar-refractivity contribution in [1.82, 2.24) is 24.9 Å². The second kappa shape index (κ2) is 8.83. The van der Waals surface area contributed by atoms with E-state index in [0.717, 1.165) is 40.6 Å². The maximum atomic E-state index is 12.9. The highest BCUT2D eigenvalue weighted by Crippen LogP contribution is 2.31. The highest BCUT2D eigenvalue weighted by atomic mass is 32.1. The molecule has 11 heteroatoms. The van der Waals surface area contributed by atoms with Crippen molar-refractivity contribution in [2.75, 3.05) is 25.4 Å². The zero-order valence-electron chi connectivity index (χ0n) is 17.2. The Hall–Kier alpha value is -3.05. The summed E-state index contributed by atoms with van der Waals surface area (Å²) in [6, 6.07) is 7.51. The number of anilines is 1. The summed E-state index contributed by atoms with van der Waals surface area (Å²) in [5.41, 5.74) is 7.66. The van der Waals surface area contributed by atoms with E-state index in [9.17, 15) is 8.78 Å². The second-order valence-corrected chi connectivity index (χ2v) is 9.01. The van der Waals surface area contributed by atoms with Gasteiger partial charge in [0, 0.05) is 29.6 Å². The van der Waals surface area contributed by atoms with Gasteiger partial charge in [-0.15, -0.1) is 16.4 Å². The molecule has 32 heavy (non-hydrogen) atoms. The number of thiophene rings is 1. The first-order chi connectivity index (χ1) is 15.6. The second-order valence-electron chi connectivity index (χ2n) is 7.90. The van der Waals surface area contributed by atoms with Crippen LogP contribution in [0.1, 0.15) is 35.1 Å². The molecule has 1 atom stereocenters. The largest absolute Gasteiger partial charge is 0.384 e.